The lowest BCUT2D eigenvalue weighted by molar-refractivity contribution is 0.264. The zero-order chi connectivity index (χ0) is 10.8. The fourth-order valence-corrected chi connectivity index (χ4v) is 1.54. The van der Waals surface area contributed by atoms with Crippen molar-refractivity contribution in [1.82, 2.24) is 19.6 Å². The van der Waals surface area contributed by atoms with Crippen LogP contribution < -0.4 is 5.73 Å². The molecule has 2 heterocycles. The Hall–Kier alpha value is -1.53. The van der Waals surface area contributed by atoms with Crippen LogP contribution in [0.2, 0.25) is 0 Å². The number of fused-ring (bicyclic) bond motifs is 1. The van der Waals surface area contributed by atoms with E-state index in [4.69, 9.17) is 5.73 Å². The second-order valence-corrected chi connectivity index (χ2v) is 3.41. The van der Waals surface area contributed by atoms with Crippen molar-refractivity contribution >= 4 is 5.78 Å². The fourth-order valence-electron chi connectivity index (χ4n) is 1.54. The Labute approximate surface area is 86.8 Å². The van der Waals surface area contributed by atoms with E-state index >= 15 is 0 Å². The maximum Gasteiger partial charge on any atom is 0.252 e. The summed E-state index contributed by atoms with van der Waals surface area (Å²) in [4.78, 5) is 8.22. The van der Waals surface area contributed by atoms with Gasteiger partial charge < -0.3 is 10.8 Å². The van der Waals surface area contributed by atoms with E-state index in [0.717, 1.165) is 11.4 Å². The van der Waals surface area contributed by atoms with Crippen molar-refractivity contribution < 1.29 is 5.11 Å². The molecule has 0 radical (unpaired) electrons. The second kappa shape index (κ2) is 3.92. The summed E-state index contributed by atoms with van der Waals surface area (Å²) >= 11 is 0. The molecule has 0 aromatic carbocycles. The smallest absolute Gasteiger partial charge is 0.252 e. The Morgan fingerprint density at radius 2 is 2.40 bits per heavy atom. The Bertz CT molecular complexity index is 462. The first kappa shape index (κ1) is 10.0. The molecule has 1 unspecified atom stereocenters. The van der Waals surface area contributed by atoms with E-state index in [0.29, 0.717) is 12.3 Å². The maximum atomic E-state index is 9.21. The fraction of sp³-hybridized carbons (Fsp3) is 0.444. The van der Waals surface area contributed by atoms with E-state index < -0.39 is 0 Å². The molecule has 0 saturated carbocycles. The molecule has 15 heavy (non-hydrogen) atoms. The molecule has 0 aliphatic rings. The van der Waals surface area contributed by atoms with Crippen molar-refractivity contribution in [2.75, 3.05) is 13.2 Å². The molecule has 0 bridgehead atoms. The van der Waals surface area contributed by atoms with E-state index in [-0.39, 0.29) is 12.5 Å². The minimum atomic E-state index is -0.129. The Kier molecular flexibility index (Phi) is 2.61. The summed E-state index contributed by atoms with van der Waals surface area (Å²) in [5.74, 6) is 0.410. The van der Waals surface area contributed by atoms with Crippen LogP contribution in [-0.4, -0.2) is 37.8 Å². The van der Waals surface area contributed by atoms with Crippen LogP contribution in [0.3, 0.4) is 0 Å². The summed E-state index contributed by atoms with van der Waals surface area (Å²) in [6.45, 7) is 2.24. The summed E-state index contributed by atoms with van der Waals surface area (Å²) in [6.07, 6.45) is 1.44. The number of nitrogens with two attached hydrogens (primary N) is 1. The predicted molar refractivity (Wildman–Crippen MR) is 54.4 cm³/mol. The molecule has 0 saturated heterocycles. The summed E-state index contributed by atoms with van der Waals surface area (Å²) < 4.78 is 1.61. The van der Waals surface area contributed by atoms with E-state index in [2.05, 4.69) is 15.1 Å². The SMILES string of the molecule is Cc1cc(C(CN)CO)n2ncnc2n1. The molecular weight excluding hydrogens is 194 g/mol. The molecule has 0 spiro atoms. The third-order valence-corrected chi connectivity index (χ3v) is 2.33. The van der Waals surface area contributed by atoms with Crippen LogP contribution in [-0.2, 0) is 0 Å². The topological polar surface area (TPSA) is 89.3 Å². The van der Waals surface area contributed by atoms with Gasteiger partial charge in [0.2, 0.25) is 0 Å². The predicted octanol–water partition coefficient (Wildman–Crippen LogP) is -0.533. The number of rotatable bonds is 3. The number of aliphatic hydroxyl groups excluding tert-OH is 1. The Morgan fingerprint density at radius 1 is 1.60 bits per heavy atom. The lowest BCUT2D eigenvalue weighted by Crippen LogP contribution is -2.19. The van der Waals surface area contributed by atoms with Crippen LogP contribution in [0, 0.1) is 6.92 Å². The van der Waals surface area contributed by atoms with E-state index in [9.17, 15) is 5.11 Å². The first-order valence-corrected chi connectivity index (χ1v) is 4.74. The number of nitrogens with zero attached hydrogens (tertiary/aromatic N) is 4. The van der Waals surface area contributed by atoms with E-state index in [1.54, 1.807) is 4.52 Å². The highest BCUT2D eigenvalue weighted by Crippen LogP contribution is 2.14. The van der Waals surface area contributed by atoms with Crippen LogP contribution >= 0.6 is 0 Å². The van der Waals surface area contributed by atoms with Crippen molar-refractivity contribution in [3.05, 3.63) is 23.8 Å². The molecule has 80 valence electrons. The molecule has 0 amide bonds. The normalized spacial score (nSPS) is 13.3. The van der Waals surface area contributed by atoms with Gasteiger partial charge in [-0.1, -0.05) is 0 Å². The number of aliphatic hydroxyl groups is 1. The minimum Gasteiger partial charge on any atom is -0.396 e. The van der Waals surface area contributed by atoms with Gasteiger partial charge in [-0.2, -0.15) is 10.1 Å². The molecule has 0 aliphatic heterocycles. The van der Waals surface area contributed by atoms with Crippen molar-refractivity contribution in [3.63, 3.8) is 0 Å². The van der Waals surface area contributed by atoms with E-state index in [1.807, 2.05) is 13.0 Å². The van der Waals surface area contributed by atoms with Gasteiger partial charge in [-0.05, 0) is 13.0 Å². The zero-order valence-electron chi connectivity index (χ0n) is 8.46. The highest BCUT2D eigenvalue weighted by molar-refractivity contribution is 5.31. The quantitative estimate of drug-likeness (QED) is 0.706. The van der Waals surface area contributed by atoms with Gasteiger partial charge in [0.15, 0.2) is 0 Å². The van der Waals surface area contributed by atoms with Crippen molar-refractivity contribution in [3.8, 4) is 0 Å². The van der Waals surface area contributed by atoms with Crippen LogP contribution in [0.5, 0.6) is 0 Å². The molecule has 2 aromatic rings. The van der Waals surface area contributed by atoms with Crippen LogP contribution in [0.4, 0.5) is 0 Å². The van der Waals surface area contributed by atoms with Crippen LogP contribution in [0.1, 0.15) is 17.3 Å². The Balaban J connectivity index is 2.61. The molecule has 6 heteroatoms. The molecule has 1 atom stereocenters. The van der Waals surface area contributed by atoms with Gasteiger partial charge in [-0.3, -0.25) is 0 Å². The summed E-state index contributed by atoms with van der Waals surface area (Å²) in [5.41, 5.74) is 7.28. The first-order chi connectivity index (χ1) is 7.26. The van der Waals surface area contributed by atoms with Crippen LogP contribution in [0.25, 0.3) is 5.78 Å². The highest BCUT2D eigenvalue weighted by Gasteiger charge is 2.14. The Morgan fingerprint density at radius 3 is 3.07 bits per heavy atom. The average Bonchev–Trinajstić information content (AvgIpc) is 2.67. The van der Waals surface area contributed by atoms with Gasteiger partial charge in [-0.15, -0.1) is 0 Å². The van der Waals surface area contributed by atoms with E-state index in [1.165, 1.54) is 6.33 Å². The van der Waals surface area contributed by atoms with Crippen molar-refractivity contribution in [1.29, 1.82) is 0 Å². The third-order valence-electron chi connectivity index (χ3n) is 2.33. The van der Waals surface area contributed by atoms with Gasteiger partial charge >= 0.3 is 0 Å². The zero-order valence-corrected chi connectivity index (χ0v) is 8.46. The van der Waals surface area contributed by atoms with Gasteiger partial charge in [-0.25, -0.2) is 9.50 Å². The molecule has 6 nitrogen and oxygen atoms in total. The lowest BCUT2D eigenvalue weighted by atomic mass is 10.1. The van der Waals surface area contributed by atoms with Gasteiger partial charge in [0.25, 0.3) is 5.78 Å². The average molecular weight is 207 g/mol. The second-order valence-electron chi connectivity index (χ2n) is 3.41. The van der Waals surface area contributed by atoms with Crippen molar-refractivity contribution in [2.24, 2.45) is 5.73 Å². The lowest BCUT2D eigenvalue weighted by Gasteiger charge is -2.13. The summed E-state index contributed by atoms with van der Waals surface area (Å²) in [6, 6.07) is 1.87. The molecule has 0 aliphatic carbocycles. The molecule has 2 rings (SSSR count). The van der Waals surface area contributed by atoms with Gasteiger partial charge in [0.05, 0.1) is 12.3 Å². The van der Waals surface area contributed by atoms with Gasteiger partial charge in [0.1, 0.15) is 6.33 Å². The standard InChI is InChI=1S/C9H13N5O/c1-6-2-8(7(3-10)4-15)14-9(13-6)11-5-12-14/h2,5,7,15H,3-4,10H2,1H3. The minimum absolute atomic E-state index is 0.00505. The largest absolute Gasteiger partial charge is 0.396 e. The number of hydrogen-bond acceptors (Lipinski definition) is 5. The number of aromatic nitrogens is 4. The molecular formula is C9H13N5O. The monoisotopic (exact) mass is 207 g/mol. The number of hydrogen-bond donors (Lipinski definition) is 2. The molecule has 3 N–H and O–H groups in total. The summed E-state index contributed by atoms with van der Waals surface area (Å²) in [5, 5.41) is 13.3. The highest BCUT2D eigenvalue weighted by atomic mass is 16.3. The van der Waals surface area contributed by atoms with Gasteiger partial charge in [0, 0.05) is 18.2 Å². The molecule has 2 aromatic heterocycles. The summed E-state index contributed by atoms with van der Waals surface area (Å²) in [7, 11) is 0. The molecule has 0 fully saturated rings. The third kappa shape index (κ3) is 1.69. The maximum absolute atomic E-state index is 9.21. The van der Waals surface area contributed by atoms with Crippen molar-refractivity contribution in [2.45, 2.75) is 12.8 Å². The number of aryl methyl sites for hydroxylation is 1. The first-order valence-electron chi connectivity index (χ1n) is 4.74. The van der Waals surface area contributed by atoms with Crippen LogP contribution in [0.15, 0.2) is 12.4 Å².